The van der Waals surface area contributed by atoms with E-state index in [9.17, 15) is 4.79 Å². The molecular formula is C18H18O5. The third-order valence-electron chi connectivity index (χ3n) is 3.90. The highest BCUT2D eigenvalue weighted by Crippen LogP contribution is 2.48. The summed E-state index contributed by atoms with van der Waals surface area (Å²) in [4.78, 5) is 12.0. The summed E-state index contributed by atoms with van der Waals surface area (Å²) in [5.74, 6) is 1.28. The monoisotopic (exact) mass is 314 g/mol. The Morgan fingerprint density at radius 3 is 2.30 bits per heavy atom. The van der Waals surface area contributed by atoms with Gasteiger partial charge in [-0.3, -0.25) is 4.79 Å². The van der Waals surface area contributed by atoms with Crippen molar-refractivity contribution in [1.29, 1.82) is 0 Å². The number of hydrogen-bond acceptors (Lipinski definition) is 5. The maximum Gasteiger partial charge on any atom is 0.311 e. The number of cyclic esters (lactones) is 1. The largest absolute Gasteiger partial charge is 0.493 e. The van der Waals surface area contributed by atoms with Gasteiger partial charge in [0.25, 0.3) is 0 Å². The molecule has 1 aliphatic rings. The zero-order valence-electron chi connectivity index (χ0n) is 13.3. The summed E-state index contributed by atoms with van der Waals surface area (Å²) in [6.45, 7) is 0. The smallest absolute Gasteiger partial charge is 0.311 e. The Bertz CT molecular complexity index is 724. The highest BCUT2D eigenvalue weighted by atomic mass is 16.6. The number of esters is 1. The lowest BCUT2D eigenvalue weighted by Crippen LogP contribution is -2.23. The number of carbonyl (C=O) groups excluding carboxylic acids is 1. The standard InChI is InChI=1S/C18H18O5/c1-20-13-9-12-10-14(19)23-16(11-7-5-4-6-8-11)15(12)18(22-3)17(13)21-2/h4-9,16H,10H2,1-3H3. The molecule has 0 saturated carbocycles. The highest BCUT2D eigenvalue weighted by molar-refractivity contribution is 5.78. The fraction of sp³-hybridized carbons (Fsp3) is 0.278. The first-order chi connectivity index (χ1) is 11.2. The predicted molar refractivity (Wildman–Crippen MR) is 84.2 cm³/mol. The van der Waals surface area contributed by atoms with Crippen molar-refractivity contribution in [2.45, 2.75) is 12.5 Å². The van der Waals surface area contributed by atoms with E-state index >= 15 is 0 Å². The molecule has 23 heavy (non-hydrogen) atoms. The normalized spacial score (nSPS) is 16.3. The maximum absolute atomic E-state index is 12.0. The average molecular weight is 314 g/mol. The number of ether oxygens (including phenoxy) is 4. The van der Waals surface area contributed by atoms with E-state index in [1.165, 1.54) is 0 Å². The van der Waals surface area contributed by atoms with Crippen molar-refractivity contribution in [1.82, 2.24) is 0 Å². The number of methoxy groups -OCH3 is 3. The van der Waals surface area contributed by atoms with Crippen molar-refractivity contribution in [3.63, 3.8) is 0 Å². The van der Waals surface area contributed by atoms with E-state index in [-0.39, 0.29) is 12.4 Å². The van der Waals surface area contributed by atoms with Crippen molar-refractivity contribution < 1.29 is 23.7 Å². The number of hydrogen-bond donors (Lipinski definition) is 0. The second-order valence-electron chi connectivity index (χ2n) is 5.18. The molecular weight excluding hydrogens is 296 g/mol. The minimum absolute atomic E-state index is 0.176. The van der Waals surface area contributed by atoms with Crippen LogP contribution in [-0.2, 0) is 16.0 Å². The lowest BCUT2D eigenvalue weighted by molar-refractivity contribution is -0.148. The van der Waals surface area contributed by atoms with Crippen LogP contribution in [0.5, 0.6) is 17.2 Å². The molecule has 0 bridgehead atoms. The molecule has 120 valence electrons. The van der Waals surface area contributed by atoms with Crippen LogP contribution in [-0.4, -0.2) is 27.3 Å². The van der Waals surface area contributed by atoms with Gasteiger partial charge in [-0.25, -0.2) is 0 Å². The van der Waals surface area contributed by atoms with Crippen LogP contribution in [0.25, 0.3) is 0 Å². The summed E-state index contributed by atoms with van der Waals surface area (Å²) < 4.78 is 22.0. The first kappa shape index (κ1) is 15.2. The van der Waals surface area contributed by atoms with Gasteiger partial charge in [-0.2, -0.15) is 0 Å². The van der Waals surface area contributed by atoms with Gasteiger partial charge >= 0.3 is 5.97 Å². The second kappa shape index (κ2) is 6.20. The van der Waals surface area contributed by atoms with Gasteiger partial charge in [-0.15, -0.1) is 0 Å². The van der Waals surface area contributed by atoms with Crippen LogP contribution in [0.15, 0.2) is 36.4 Å². The Morgan fingerprint density at radius 1 is 1.00 bits per heavy atom. The topological polar surface area (TPSA) is 54.0 Å². The van der Waals surface area contributed by atoms with E-state index in [2.05, 4.69) is 0 Å². The van der Waals surface area contributed by atoms with Crippen LogP contribution in [0.2, 0.25) is 0 Å². The number of rotatable bonds is 4. The van der Waals surface area contributed by atoms with Gasteiger partial charge in [0.2, 0.25) is 5.75 Å². The third-order valence-corrected chi connectivity index (χ3v) is 3.90. The fourth-order valence-electron chi connectivity index (χ4n) is 2.91. The average Bonchev–Trinajstić information content (AvgIpc) is 2.59. The van der Waals surface area contributed by atoms with Crippen molar-refractivity contribution in [2.75, 3.05) is 21.3 Å². The maximum atomic E-state index is 12.0. The molecule has 1 aliphatic heterocycles. The van der Waals surface area contributed by atoms with Gasteiger partial charge in [-0.1, -0.05) is 30.3 Å². The van der Waals surface area contributed by atoms with Crippen LogP contribution < -0.4 is 14.2 Å². The van der Waals surface area contributed by atoms with E-state index in [1.54, 1.807) is 21.3 Å². The lowest BCUT2D eigenvalue weighted by Gasteiger charge is -2.29. The van der Waals surface area contributed by atoms with Crippen LogP contribution in [0.1, 0.15) is 22.8 Å². The van der Waals surface area contributed by atoms with Crippen LogP contribution >= 0.6 is 0 Å². The van der Waals surface area contributed by atoms with E-state index in [1.807, 2.05) is 36.4 Å². The molecule has 0 N–H and O–H groups in total. The SMILES string of the molecule is COc1cc2c(c(OC)c1OC)C(c1ccccc1)OC(=O)C2. The molecule has 0 fully saturated rings. The van der Waals surface area contributed by atoms with Crippen molar-refractivity contribution in [3.8, 4) is 17.2 Å². The fourth-order valence-corrected chi connectivity index (χ4v) is 2.91. The molecule has 1 atom stereocenters. The minimum atomic E-state index is -0.526. The Hall–Kier alpha value is -2.69. The Kier molecular flexibility index (Phi) is 4.10. The molecule has 5 nitrogen and oxygen atoms in total. The van der Waals surface area contributed by atoms with Gasteiger partial charge in [0, 0.05) is 5.56 Å². The van der Waals surface area contributed by atoms with Gasteiger partial charge in [0.1, 0.15) is 0 Å². The predicted octanol–water partition coefficient (Wildman–Crippen LogP) is 2.90. The van der Waals surface area contributed by atoms with Crippen LogP contribution in [0.3, 0.4) is 0 Å². The third kappa shape index (κ3) is 2.59. The van der Waals surface area contributed by atoms with Gasteiger partial charge in [-0.05, 0) is 17.2 Å². The minimum Gasteiger partial charge on any atom is -0.493 e. The van der Waals surface area contributed by atoms with Crippen molar-refractivity contribution >= 4 is 5.97 Å². The van der Waals surface area contributed by atoms with E-state index < -0.39 is 6.10 Å². The Morgan fingerprint density at radius 2 is 1.70 bits per heavy atom. The summed E-state index contributed by atoms with van der Waals surface area (Å²) in [5.41, 5.74) is 2.51. The highest BCUT2D eigenvalue weighted by Gasteiger charge is 2.34. The Balaban J connectivity index is 2.25. The first-order valence-corrected chi connectivity index (χ1v) is 7.25. The molecule has 0 saturated heterocycles. The molecule has 5 heteroatoms. The quantitative estimate of drug-likeness (QED) is 0.812. The number of carbonyl (C=O) groups is 1. The second-order valence-corrected chi connectivity index (χ2v) is 5.18. The molecule has 0 aromatic heterocycles. The van der Waals surface area contributed by atoms with Crippen LogP contribution in [0.4, 0.5) is 0 Å². The summed E-state index contributed by atoms with van der Waals surface area (Å²) in [7, 11) is 4.68. The Labute approximate surface area is 134 Å². The molecule has 2 aromatic rings. The van der Waals surface area contributed by atoms with Gasteiger partial charge in [0.15, 0.2) is 17.6 Å². The molecule has 0 aliphatic carbocycles. The van der Waals surface area contributed by atoms with E-state index in [0.29, 0.717) is 17.2 Å². The summed E-state index contributed by atoms with van der Waals surface area (Å²) >= 11 is 0. The van der Waals surface area contributed by atoms with Crippen molar-refractivity contribution in [2.24, 2.45) is 0 Å². The molecule has 1 unspecified atom stereocenters. The summed E-state index contributed by atoms with van der Waals surface area (Å²) in [6.07, 6.45) is -0.350. The van der Waals surface area contributed by atoms with Crippen LogP contribution in [0, 0.1) is 0 Å². The van der Waals surface area contributed by atoms with E-state index in [0.717, 1.165) is 16.7 Å². The molecule has 2 aromatic carbocycles. The number of benzene rings is 2. The summed E-state index contributed by atoms with van der Waals surface area (Å²) in [5, 5.41) is 0. The molecule has 0 amide bonds. The molecule has 1 heterocycles. The molecule has 0 radical (unpaired) electrons. The zero-order valence-corrected chi connectivity index (χ0v) is 13.3. The number of fused-ring (bicyclic) bond motifs is 1. The molecule has 0 spiro atoms. The van der Waals surface area contributed by atoms with Gasteiger partial charge < -0.3 is 18.9 Å². The van der Waals surface area contributed by atoms with E-state index in [4.69, 9.17) is 18.9 Å². The summed E-state index contributed by atoms with van der Waals surface area (Å²) in [6, 6.07) is 11.4. The van der Waals surface area contributed by atoms with Crippen molar-refractivity contribution in [3.05, 3.63) is 53.1 Å². The zero-order chi connectivity index (χ0) is 16.4. The van der Waals surface area contributed by atoms with Gasteiger partial charge in [0.05, 0.1) is 27.8 Å². The first-order valence-electron chi connectivity index (χ1n) is 7.25. The lowest BCUT2D eigenvalue weighted by atomic mass is 9.91. The molecule has 3 rings (SSSR count).